The number of nitrogens with zero attached hydrogens (tertiary/aromatic N) is 1. The first kappa shape index (κ1) is 25.8. The Kier molecular flexibility index (Phi) is 8.91. The predicted molar refractivity (Wildman–Crippen MR) is 133 cm³/mol. The lowest BCUT2D eigenvalue weighted by molar-refractivity contribution is -0.139. The van der Waals surface area contributed by atoms with Gasteiger partial charge in [0.15, 0.2) is 11.5 Å². The van der Waals surface area contributed by atoms with Crippen LogP contribution in [0.3, 0.4) is 0 Å². The first-order chi connectivity index (χ1) is 16.8. The largest absolute Gasteiger partial charge is 0.493 e. The molecule has 2 aromatic carbocycles. The number of urea groups is 1. The second-order valence-electron chi connectivity index (χ2n) is 7.36. The summed E-state index contributed by atoms with van der Waals surface area (Å²) in [6, 6.07) is 11.1. The fourth-order valence-electron chi connectivity index (χ4n) is 3.32. The van der Waals surface area contributed by atoms with Gasteiger partial charge in [-0.15, -0.1) is 11.8 Å². The normalized spacial score (nSPS) is 14.7. The number of amides is 4. The van der Waals surface area contributed by atoms with Crippen molar-refractivity contribution in [2.45, 2.75) is 13.8 Å². The van der Waals surface area contributed by atoms with Gasteiger partial charge in [0.2, 0.25) is 0 Å². The molecular formula is C25H26N2O7S. The highest BCUT2D eigenvalue weighted by Gasteiger charge is 2.37. The van der Waals surface area contributed by atoms with Crippen molar-refractivity contribution in [3.63, 3.8) is 0 Å². The summed E-state index contributed by atoms with van der Waals surface area (Å²) >= 11 is 1.40. The summed E-state index contributed by atoms with van der Waals surface area (Å²) in [5.41, 5.74) is 1.45. The number of ether oxygens (including phenoxy) is 3. The molecule has 184 valence electrons. The zero-order valence-corrected chi connectivity index (χ0v) is 20.5. The number of barbiturate groups is 1. The number of hydrogen-bond acceptors (Lipinski definition) is 8. The summed E-state index contributed by atoms with van der Waals surface area (Å²) < 4.78 is 16.0. The predicted octanol–water partition coefficient (Wildman–Crippen LogP) is 3.35. The molecule has 0 aliphatic carbocycles. The summed E-state index contributed by atoms with van der Waals surface area (Å²) in [4.78, 5) is 50.3. The Morgan fingerprint density at radius 2 is 1.89 bits per heavy atom. The number of hydrogen-bond donors (Lipinski definition) is 1. The van der Waals surface area contributed by atoms with Crippen LogP contribution in [0.15, 0.2) is 48.0 Å². The third-order valence-electron chi connectivity index (χ3n) is 4.97. The summed E-state index contributed by atoms with van der Waals surface area (Å²) in [5.74, 6) is -0.0533. The second kappa shape index (κ2) is 12.1. The summed E-state index contributed by atoms with van der Waals surface area (Å²) in [5, 5.41) is 2.22. The van der Waals surface area contributed by atoms with Crippen LogP contribution >= 0.6 is 11.8 Å². The molecule has 1 fully saturated rings. The molecule has 1 heterocycles. The maximum absolute atomic E-state index is 13.1. The summed E-state index contributed by atoms with van der Waals surface area (Å²) in [7, 11) is 1.48. The number of nitrogens with one attached hydrogen (secondary N) is 1. The first-order valence-corrected chi connectivity index (χ1v) is 12.0. The van der Waals surface area contributed by atoms with Gasteiger partial charge in [0, 0.05) is 5.75 Å². The fraction of sp³-hybridized carbons (Fsp3) is 0.280. The minimum Gasteiger partial charge on any atom is -0.493 e. The van der Waals surface area contributed by atoms with Gasteiger partial charge in [0.05, 0.1) is 31.8 Å². The van der Waals surface area contributed by atoms with Crippen LogP contribution in [0.25, 0.3) is 6.08 Å². The molecule has 0 saturated carbocycles. The van der Waals surface area contributed by atoms with Crippen molar-refractivity contribution in [2.24, 2.45) is 0 Å². The van der Waals surface area contributed by atoms with Crippen LogP contribution in [0.5, 0.6) is 11.5 Å². The fourth-order valence-corrected chi connectivity index (χ4v) is 3.91. The molecule has 0 unspecified atom stereocenters. The van der Waals surface area contributed by atoms with Gasteiger partial charge in [-0.25, -0.2) is 9.69 Å². The van der Waals surface area contributed by atoms with E-state index < -0.39 is 17.8 Å². The zero-order chi connectivity index (χ0) is 25.4. The molecule has 0 bridgehead atoms. The monoisotopic (exact) mass is 498 g/mol. The second-order valence-corrected chi connectivity index (χ2v) is 8.47. The van der Waals surface area contributed by atoms with Gasteiger partial charge in [-0.3, -0.25) is 19.7 Å². The number of carbonyl (C=O) groups is 4. The summed E-state index contributed by atoms with van der Waals surface area (Å²) in [6.07, 6.45) is 1.40. The van der Waals surface area contributed by atoms with E-state index in [-0.39, 0.29) is 17.3 Å². The van der Waals surface area contributed by atoms with Gasteiger partial charge in [0.1, 0.15) is 5.57 Å². The van der Waals surface area contributed by atoms with Gasteiger partial charge in [-0.1, -0.05) is 24.3 Å². The number of anilines is 1. The molecule has 0 aromatic heterocycles. The van der Waals surface area contributed by atoms with Crippen LogP contribution < -0.4 is 19.7 Å². The Morgan fingerprint density at radius 1 is 1.11 bits per heavy atom. The number of methoxy groups -OCH3 is 1. The lowest BCUT2D eigenvalue weighted by Gasteiger charge is -2.27. The SMILES string of the molecule is CCOC(=O)CSCCOc1ccc(/C=C2\C(=O)NC(=O)N(c3ccccc3C)C2=O)cc1OC. The van der Waals surface area contributed by atoms with Crippen LogP contribution in [-0.4, -0.2) is 55.6 Å². The highest BCUT2D eigenvalue weighted by molar-refractivity contribution is 7.99. The van der Waals surface area contributed by atoms with Crippen molar-refractivity contribution >= 4 is 47.3 Å². The Morgan fingerprint density at radius 3 is 2.60 bits per heavy atom. The highest BCUT2D eigenvalue weighted by atomic mass is 32.2. The van der Waals surface area contributed by atoms with E-state index in [0.29, 0.717) is 47.3 Å². The third-order valence-corrected chi connectivity index (χ3v) is 5.86. The number of rotatable bonds is 10. The number of thioether (sulfide) groups is 1. The lowest BCUT2D eigenvalue weighted by Crippen LogP contribution is -2.54. The Labute approximate surface area is 207 Å². The number of imide groups is 2. The van der Waals surface area contributed by atoms with E-state index >= 15 is 0 Å². The highest BCUT2D eigenvalue weighted by Crippen LogP contribution is 2.30. The Balaban J connectivity index is 1.74. The van der Waals surface area contributed by atoms with Crippen molar-refractivity contribution in [1.29, 1.82) is 0 Å². The molecule has 4 amide bonds. The number of para-hydroxylation sites is 1. The van der Waals surface area contributed by atoms with Crippen LogP contribution in [-0.2, 0) is 19.1 Å². The smallest absolute Gasteiger partial charge is 0.335 e. The standard InChI is InChI=1S/C25H26N2O7S/c1-4-33-22(28)15-35-12-11-34-20-10-9-17(14-21(20)32-3)13-18-23(29)26-25(31)27(24(18)30)19-8-6-5-7-16(19)2/h5-10,13-14H,4,11-12,15H2,1-3H3,(H,26,29,31)/b18-13+. The molecule has 0 radical (unpaired) electrons. The van der Waals surface area contributed by atoms with Gasteiger partial charge in [-0.2, -0.15) is 0 Å². The molecule has 1 saturated heterocycles. The van der Waals surface area contributed by atoms with E-state index in [1.54, 1.807) is 56.3 Å². The van der Waals surface area contributed by atoms with Crippen LogP contribution in [0.1, 0.15) is 18.1 Å². The van der Waals surface area contributed by atoms with E-state index in [1.165, 1.54) is 24.9 Å². The maximum Gasteiger partial charge on any atom is 0.335 e. The van der Waals surface area contributed by atoms with Gasteiger partial charge < -0.3 is 14.2 Å². The van der Waals surface area contributed by atoms with Gasteiger partial charge in [-0.05, 0) is 49.2 Å². The zero-order valence-electron chi connectivity index (χ0n) is 19.7. The van der Waals surface area contributed by atoms with Crippen molar-refractivity contribution < 1.29 is 33.4 Å². The minimum atomic E-state index is -0.798. The van der Waals surface area contributed by atoms with Crippen LogP contribution in [0.4, 0.5) is 10.5 Å². The number of aryl methyl sites for hydroxylation is 1. The molecule has 10 heteroatoms. The molecule has 1 aliphatic rings. The van der Waals surface area contributed by atoms with E-state index in [2.05, 4.69) is 5.32 Å². The average Bonchev–Trinajstić information content (AvgIpc) is 2.83. The average molecular weight is 499 g/mol. The maximum atomic E-state index is 13.1. The lowest BCUT2D eigenvalue weighted by atomic mass is 10.1. The quantitative estimate of drug-likeness (QED) is 0.230. The van der Waals surface area contributed by atoms with Crippen molar-refractivity contribution in [1.82, 2.24) is 5.32 Å². The molecule has 35 heavy (non-hydrogen) atoms. The number of esters is 1. The molecule has 3 rings (SSSR count). The topological polar surface area (TPSA) is 111 Å². The molecule has 0 atom stereocenters. The van der Waals surface area contributed by atoms with E-state index in [1.807, 2.05) is 0 Å². The van der Waals surface area contributed by atoms with Crippen molar-refractivity contribution in [3.8, 4) is 11.5 Å². The molecule has 0 spiro atoms. The summed E-state index contributed by atoms with van der Waals surface area (Å²) in [6.45, 7) is 4.22. The number of carbonyl (C=O) groups excluding carboxylic acids is 4. The number of benzene rings is 2. The Bertz CT molecular complexity index is 1160. The van der Waals surface area contributed by atoms with E-state index in [0.717, 1.165) is 4.90 Å². The van der Waals surface area contributed by atoms with E-state index in [4.69, 9.17) is 14.2 Å². The molecule has 1 N–H and O–H groups in total. The van der Waals surface area contributed by atoms with Crippen LogP contribution in [0.2, 0.25) is 0 Å². The molecule has 1 aliphatic heterocycles. The molecule has 2 aromatic rings. The van der Waals surface area contributed by atoms with Gasteiger partial charge in [0.25, 0.3) is 11.8 Å². The Hall–Kier alpha value is -3.79. The van der Waals surface area contributed by atoms with Gasteiger partial charge >= 0.3 is 12.0 Å². The minimum absolute atomic E-state index is 0.182. The molecular weight excluding hydrogens is 472 g/mol. The van der Waals surface area contributed by atoms with Crippen molar-refractivity contribution in [3.05, 3.63) is 59.2 Å². The molecule has 9 nitrogen and oxygen atoms in total. The first-order valence-electron chi connectivity index (χ1n) is 10.9. The third kappa shape index (κ3) is 6.42. The van der Waals surface area contributed by atoms with Crippen LogP contribution in [0, 0.1) is 6.92 Å². The van der Waals surface area contributed by atoms with E-state index in [9.17, 15) is 19.2 Å². The van der Waals surface area contributed by atoms with Crippen molar-refractivity contribution in [2.75, 3.05) is 36.7 Å².